The number of benzene rings is 1. The highest BCUT2D eigenvalue weighted by Gasteiger charge is 2.77. The predicted molar refractivity (Wildman–Crippen MR) is 165 cm³/mol. The second kappa shape index (κ2) is 12.1. The summed E-state index contributed by atoms with van der Waals surface area (Å²) in [7, 11) is 0. The van der Waals surface area contributed by atoms with Crippen LogP contribution in [-0.4, -0.2) is 75.1 Å². The van der Waals surface area contributed by atoms with Gasteiger partial charge in [0, 0.05) is 16.1 Å². The first-order chi connectivity index (χ1) is 19.5. The predicted octanol–water partition coefficient (Wildman–Crippen LogP) is 4.51. The Kier molecular flexibility index (Phi) is 9.41. The van der Waals surface area contributed by atoms with Gasteiger partial charge < -0.3 is 30.1 Å². The highest BCUT2D eigenvalue weighted by molar-refractivity contribution is 9.09. The molecule has 1 spiro atoms. The van der Waals surface area contributed by atoms with Crippen LogP contribution in [0, 0.1) is 23.2 Å². The molecular weight excluding hydrogens is 602 g/mol. The lowest BCUT2D eigenvalue weighted by atomic mass is 9.70. The lowest BCUT2D eigenvalue weighted by Gasteiger charge is -2.40. The summed E-state index contributed by atoms with van der Waals surface area (Å²) in [6, 6.07) is 5.54. The topological polar surface area (TPSA) is 117 Å². The zero-order chi connectivity index (χ0) is 31.2. The van der Waals surface area contributed by atoms with Crippen LogP contribution < -0.4 is 15.4 Å². The molecule has 9 nitrogen and oxygen atoms in total. The van der Waals surface area contributed by atoms with Crippen molar-refractivity contribution in [2.24, 2.45) is 23.2 Å². The monoisotopic (exact) mass is 649 g/mol. The Labute approximate surface area is 258 Å². The average molecular weight is 651 g/mol. The first-order valence-corrected chi connectivity index (χ1v) is 16.1. The largest absolute Gasteiger partial charge is 0.494 e. The molecular formula is C32H48BrN3O6. The van der Waals surface area contributed by atoms with E-state index >= 15 is 0 Å². The minimum absolute atomic E-state index is 0.0403. The number of rotatable bonds is 11. The highest BCUT2D eigenvalue weighted by atomic mass is 79.9. The number of hydrogen-bond donors (Lipinski definition) is 3. The normalized spacial score (nSPS) is 29.5. The van der Waals surface area contributed by atoms with Gasteiger partial charge in [-0.3, -0.25) is 14.4 Å². The molecule has 3 aliphatic heterocycles. The van der Waals surface area contributed by atoms with Gasteiger partial charge in [-0.1, -0.05) is 50.5 Å². The van der Waals surface area contributed by atoms with E-state index in [9.17, 15) is 19.5 Å². The van der Waals surface area contributed by atoms with Crippen LogP contribution in [0.4, 0.5) is 5.69 Å². The van der Waals surface area contributed by atoms with Crippen molar-refractivity contribution in [3.8, 4) is 5.75 Å². The number of ether oxygens (including phenoxy) is 2. The van der Waals surface area contributed by atoms with Gasteiger partial charge >= 0.3 is 0 Å². The molecule has 4 rings (SSSR count). The number of fused-ring (bicyclic) bond motifs is 1. The summed E-state index contributed by atoms with van der Waals surface area (Å²) >= 11 is 3.73. The van der Waals surface area contributed by atoms with Crippen LogP contribution in [0.2, 0.25) is 0 Å². The van der Waals surface area contributed by atoms with E-state index in [-0.39, 0.29) is 40.5 Å². The Morgan fingerprint density at radius 3 is 2.36 bits per heavy atom. The molecule has 3 aliphatic rings. The van der Waals surface area contributed by atoms with Crippen molar-refractivity contribution in [3.05, 3.63) is 24.3 Å². The molecule has 3 fully saturated rings. The van der Waals surface area contributed by atoms with Crippen molar-refractivity contribution in [2.75, 3.05) is 18.5 Å². The number of carbonyl (C=O) groups is 3. The van der Waals surface area contributed by atoms with Crippen LogP contribution in [0.3, 0.4) is 0 Å². The van der Waals surface area contributed by atoms with Gasteiger partial charge in [0.1, 0.15) is 17.4 Å². The number of nitrogens with zero attached hydrogens (tertiary/aromatic N) is 1. The second-order valence-electron chi connectivity index (χ2n) is 14.4. The summed E-state index contributed by atoms with van der Waals surface area (Å²) in [6.07, 6.45) is 1.08. The number of aliphatic hydroxyl groups is 1. The SMILES string of the molecule is CCOc1ccc(NC(=O)[C@H]2[C@H]3C(=O)N([C@@H](CO)CC(C)C)C(C(=O)NC(C)(C)CC(C)(C)C)C34CC(Br)[C@@H]2O4)cc1. The molecule has 0 aromatic heterocycles. The number of halogens is 1. The van der Waals surface area contributed by atoms with Crippen molar-refractivity contribution in [3.63, 3.8) is 0 Å². The maximum atomic E-state index is 14.4. The lowest BCUT2D eigenvalue weighted by Crippen LogP contribution is -2.61. The number of hydrogen-bond acceptors (Lipinski definition) is 6. The summed E-state index contributed by atoms with van der Waals surface area (Å²) in [5, 5.41) is 16.7. The number of alkyl halides is 1. The van der Waals surface area contributed by atoms with Gasteiger partial charge in [-0.15, -0.1) is 0 Å². The zero-order valence-corrected chi connectivity index (χ0v) is 27.8. The number of aliphatic hydroxyl groups excluding tert-OH is 1. The third-order valence-corrected chi connectivity index (χ3v) is 9.34. The van der Waals surface area contributed by atoms with Crippen LogP contribution >= 0.6 is 15.9 Å². The Hall–Kier alpha value is -2.17. The van der Waals surface area contributed by atoms with Gasteiger partial charge in [0.05, 0.1) is 37.2 Å². The zero-order valence-electron chi connectivity index (χ0n) is 26.2. The standard InChI is InChI=1S/C32H48BrN3O6/c1-9-41-21-12-10-19(11-13-21)34-27(38)23-24-29(40)36(20(16-37)14-18(2)3)26(32(24)15-22(33)25(23)42-32)28(39)35-31(7,8)17-30(4,5)6/h10-13,18,20,22-26,37H,9,14-17H2,1-8H3,(H,34,38)(H,35,39)/t20-,22?,23+,24+,25+,26?,32?/m1/s1. The Morgan fingerprint density at radius 1 is 1.17 bits per heavy atom. The highest BCUT2D eigenvalue weighted by Crippen LogP contribution is 2.60. The van der Waals surface area contributed by atoms with Crippen molar-refractivity contribution in [1.82, 2.24) is 10.2 Å². The van der Waals surface area contributed by atoms with E-state index in [1.165, 1.54) is 0 Å². The van der Waals surface area contributed by atoms with E-state index in [0.717, 1.165) is 6.42 Å². The van der Waals surface area contributed by atoms with Crippen LogP contribution in [-0.2, 0) is 19.1 Å². The first-order valence-electron chi connectivity index (χ1n) is 15.1. The summed E-state index contributed by atoms with van der Waals surface area (Å²) in [5.74, 6) is -1.72. The summed E-state index contributed by atoms with van der Waals surface area (Å²) in [5.41, 5.74) is -1.20. The van der Waals surface area contributed by atoms with Crippen LogP contribution in [0.25, 0.3) is 0 Å². The quantitative estimate of drug-likeness (QED) is 0.304. The van der Waals surface area contributed by atoms with E-state index in [1.54, 1.807) is 29.2 Å². The molecule has 10 heteroatoms. The van der Waals surface area contributed by atoms with Crippen LogP contribution in [0.5, 0.6) is 5.75 Å². The summed E-state index contributed by atoms with van der Waals surface area (Å²) in [6.45, 7) is 16.5. The second-order valence-corrected chi connectivity index (χ2v) is 15.6. The fourth-order valence-corrected chi connectivity index (χ4v) is 8.62. The number of carbonyl (C=O) groups excluding carboxylic acids is 3. The van der Waals surface area contributed by atoms with E-state index in [0.29, 0.717) is 30.9 Å². The number of anilines is 1. The Balaban J connectivity index is 1.70. The van der Waals surface area contributed by atoms with Gasteiger partial charge in [-0.05, 0) is 75.6 Å². The fraction of sp³-hybridized carbons (Fsp3) is 0.719. The number of amides is 3. The van der Waals surface area contributed by atoms with Crippen molar-refractivity contribution < 1.29 is 29.0 Å². The van der Waals surface area contributed by atoms with Crippen molar-refractivity contribution in [1.29, 1.82) is 0 Å². The minimum Gasteiger partial charge on any atom is -0.494 e. The lowest BCUT2D eigenvalue weighted by molar-refractivity contribution is -0.146. The Bertz CT molecular complexity index is 1170. The molecule has 1 aromatic rings. The smallest absolute Gasteiger partial charge is 0.246 e. The third kappa shape index (κ3) is 6.36. The maximum Gasteiger partial charge on any atom is 0.246 e. The summed E-state index contributed by atoms with van der Waals surface area (Å²) in [4.78, 5) is 43.9. The van der Waals surface area contributed by atoms with E-state index in [2.05, 4.69) is 47.3 Å². The van der Waals surface area contributed by atoms with E-state index < -0.39 is 41.2 Å². The van der Waals surface area contributed by atoms with Gasteiger partial charge in [0.25, 0.3) is 0 Å². The van der Waals surface area contributed by atoms with Crippen LogP contribution in [0.15, 0.2) is 24.3 Å². The molecule has 0 saturated carbocycles. The molecule has 7 atom stereocenters. The average Bonchev–Trinajstić information content (AvgIpc) is 3.45. The molecule has 3 N–H and O–H groups in total. The van der Waals surface area contributed by atoms with Crippen molar-refractivity contribution >= 4 is 39.3 Å². The molecule has 3 heterocycles. The molecule has 3 saturated heterocycles. The van der Waals surface area contributed by atoms with Gasteiger partial charge in [-0.25, -0.2) is 0 Å². The fourth-order valence-electron chi connectivity index (χ4n) is 7.68. The van der Waals surface area contributed by atoms with E-state index in [1.807, 2.05) is 34.6 Å². The number of nitrogens with one attached hydrogen (secondary N) is 2. The molecule has 3 unspecified atom stereocenters. The molecule has 3 amide bonds. The van der Waals surface area contributed by atoms with Gasteiger partial charge in [-0.2, -0.15) is 0 Å². The van der Waals surface area contributed by atoms with Crippen molar-refractivity contribution in [2.45, 2.75) is 109 Å². The molecule has 0 aliphatic carbocycles. The molecule has 1 aromatic carbocycles. The molecule has 234 valence electrons. The molecule has 2 bridgehead atoms. The molecule has 42 heavy (non-hydrogen) atoms. The first kappa shape index (κ1) is 32.7. The number of likely N-dealkylation sites (tertiary alicyclic amines) is 1. The summed E-state index contributed by atoms with van der Waals surface area (Å²) < 4.78 is 12.1. The minimum atomic E-state index is -1.19. The van der Waals surface area contributed by atoms with Crippen LogP contribution in [0.1, 0.15) is 74.7 Å². The maximum absolute atomic E-state index is 14.4. The molecule has 0 radical (unpaired) electrons. The third-order valence-electron chi connectivity index (χ3n) is 8.49. The van der Waals surface area contributed by atoms with Gasteiger partial charge in [0.15, 0.2) is 0 Å². The van der Waals surface area contributed by atoms with Gasteiger partial charge in [0.2, 0.25) is 17.7 Å². The Morgan fingerprint density at radius 2 is 1.81 bits per heavy atom. The van der Waals surface area contributed by atoms with E-state index in [4.69, 9.17) is 9.47 Å².